The summed E-state index contributed by atoms with van der Waals surface area (Å²) in [4.78, 5) is 0. The van der Waals surface area contributed by atoms with Gasteiger partial charge in [-0.2, -0.15) is 5.10 Å². The molecule has 0 bridgehead atoms. The SMILES string of the molecule is CC(C)(CO)n1cc2cc(B3OC(C)(C)C(C)(C)O3)ccc2n1. The zero-order valence-corrected chi connectivity index (χ0v) is 14.8. The van der Waals surface area contributed by atoms with Crippen LogP contribution in [0.1, 0.15) is 41.5 Å². The highest BCUT2D eigenvalue weighted by Gasteiger charge is 2.51. The lowest BCUT2D eigenvalue weighted by Gasteiger charge is -2.32. The average Bonchev–Trinajstić information content (AvgIpc) is 2.97. The molecule has 1 aliphatic rings. The van der Waals surface area contributed by atoms with Gasteiger partial charge in [-0.25, -0.2) is 0 Å². The van der Waals surface area contributed by atoms with Crippen LogP contribution in [0, 0.1) is 0 Å². The topological polar surface area (TPSA) is 56.5 Å². The predicted octanol–water partition coefficient (Wildman–Crippen LogP) is 2.06. The number of nitrogens with zero attached hydrogens (tertiary/aromatic N) is 2. The molecule has 0 unspecified atom stereocenters. The second-order valence-corrected chi connectivity index (χ2v) is 7.95. The van der Waals surface area contributed by atoms with Crippen LogP contribution in [-0.2, 0) is 14.8 Å². The summed E-state index contributed by atoms with van der Waals surface area (Å²) in [5.41, 5.74) is 0.749. The molecule has 0 spiro atoms. The minimum absolute atomic E-state index is 0.0328. The Morgan fingerprint density at radius 2 is 1.78 bits per heavy atom. The van der Waals surface area contributed by atoms with Gasteiger partial charge in [-0.05, 0) is 53.1 Å². The Hall–Kier alpha value is -1.37. The number of rotatable bonds is 3. The molecule has 124 valence electrons. The van der Waals surface area contributed by atoms with E-state index in [0.29, 0.717) is 0 Å². The molecule has 2 aromatic rings. The number of hydrogen-bond acceptors (Lipinski definition) is 4. The quantitative estimate of drug-likeness (QED) is 0.881. The average molecular weight is 316 g/mol. The molecule has 23 heavy (non-hydrogen) atoms. The Morgan fingerprint density at radius 3 is 2.35 bits per heavy atom. The van der Waals surface area contributed by atoms with Gasteiger partial charge in [-0.15, -0.1) is 0 Å². The molecule has 6 heteroatoms. The standard InChI is InChI=1S/C17H25BN2O3/c1-15(2,11-21)20-10-12-9-13(7-8-14(12)19-20)18-22-16(3,4)17(5,6)23-18/h7-10,21H,11H2,1-6H3. The number of aromatic nitrogens is 2. The van der Waals surface area contributed by atoms with Gasteiger partial charge >= 0.3 is 7.12 Å². The first-order chi connectivity index (χ1) is 10.6. The first kappa shape index (κ1) is 16.5. The molecule has 1 aromatic heterocycles. The maximum absolute atomic E-state index is 9.51. The summed E-state index contributed by atoms with van der Waals surface area (Å²) in [6.45, 7) is 12.1. The van der Waals surface area contributed by atoms with Crippen LogP contribution in [0.15, 0.2) is 24.4 Å². The van der Waals surface area contributed by atoms with Crippen LogP contribution >= 0.6 is 0 Å². The zero-order valence-electron chi connectivity index (χ0n) is 14.8. The van der Waals surface area contributed by atoms with E-state index < -0.39 is 5.54 Å². The number of fused-ring (bicyclic) bond motifs is 1. The molecule has 1 saturated heterocycles. The maximum Gasteiger partial charge on any atom is 0.494 e. The molecule has 1 aromatic carbocycles. The molecule has 0 aliphatic carbocycles. The molecule has 0 radical (unpaired) electrons. The van der Waals surface area contributed by atoms with E-state index in [1.54, 1.807) is 0 Å². The van der Waals surface area contributed by atoms with Gasteiger partial charge in [0, 0.05) is 11.6 Å². The lowest BCUT2D eigenvalue weighted by molar-refractivity contribution is 0.00578. The van der Waals surface area contributed by atoms with Crippen molar-refractivity contribution in [1.82, 2.24) is 9.78 Å². The third-order valence-electron chi connectivity index (χ3n) is 5.06. The lowest BCUT2D eigenvalue weighted by atomic mass is 9.79. The molecular formula is C17H25BN2O3. The van der Waals surface area contributed by atoms with Gasteiger partial charge in [0.1, 0.15) is 0 Å². The second kappa shape index (κ2) is 5.06. The van der Waals surface area contributed by atoms with Crippen molar-refractivity contribution in [3.05, 3.63) is 24.4 Å². The van der Waals surface area contributed by atoms with Crippen molar-refractivity contribution in [1.29, 1.82) is 0 Å². The molecule has 3 rings (SSSR count). The van der Waals surface area contributed by atoms with Crippen molar-refractivity contribution in [3.63, 3.8) is 0 Å². The van der Waals surface area contributed by atoms with E-state index >= 15 is 0 Å². The van der Waals surface area contributed by atoms with E-state index in [9.17, 15) is 5.11 Å². The highest BCUT2D eigenvalue weighted by atomic mass is 16.7. The Bertz CT molecular complexity index is 721. The van der Waals surface area contributed by atoms with Crippen molar-refractivity contribution in [2.75, 3.05) is 6.61 Å². The summed E-state index contributed by atoms with van der Waals surface area (Å²) in [6, 6.07) is 6.02. The van der Waals surface area contributed by atoms with Crippen molar-refractivity contribution in [2.45, 2.75) is 58.3 Å². The van der Waals surface area contributed by atoms with Gasteiger partial charge in [0.25, 0.3) is 0 Å². The summed E-state index contributed by atoms with van der Waals surface area (Å²) in [5.74, 6) is 0. The summed E-state index contributed by atoms with van der Waals surface area (Å²) in [7, 11) is -0.376. The van der Waals surface area contributed by atoms with E-state index in [2.05, 4.69) is 11.2 Å². The van der Waals surface area contributed by atoms with Crippen LogP contribution in [0.3, 0.4) is 0 Å². The number of aliphatic hydroxyl groups excluding tert-OH is 1. The maximum atomic E-state index is 9.51. The van der Waals surface area contributed by atoms with Gasteiger partial charge in [-0.3, -0.25) is 4.68 Å². The third-order valence-corrected chi connectivity index (χ3v) is 5.06. The highest BCUT2D eigenvalue weighted by Crippen LogP contribution is 2.36. The molecular weight excluding hydrogens is 291 g/mol. The monoisotopic (exact) mass is 316 g/mol. The normalized spacial score (nSPS) is 20.4. The van der Waals surface area contributed by atoms with Crippen molar-refractivity contribution in [2.24, 2.45) is 0 Å². The third kappa shape index (κ3) is 2.69. The fraction of sp³-hybridized carbons (Fsp3) is 0.588. The molecule has 5 nitrogen and oxygen atoms in total. The van der Waals surface area contributed by atoms with E-state index in [0.717, 1.165) is 16.4 Å². The van der Waals surface area contributed by atoms with Crippen LogP contribution in [0.25, 0.3) is 10.9 Å². The van der Waals surface area contributed by atoms with E-state index in [1.165, 1.54) is 0 Å². The molecule has 1 aliphatic heterocycles. The number of aliphatic hydroxyl groups is 1. The summed E-state index contributed by atoms with van der Waals surface area (Å²) >= 11 is 0. The smallest absolute Gasteiger partial charge is 0.399 e. The highest BCUT2D eigenvalue weighted by molar-refractivity contribution is 6.62. The Balaban J connectivity index is 1.96. The minimum Gasteiger partial charge on any atom is -0.399 e. The van der Waals surface area contributed by atoms with Crippen molar-refractivity contribution >= 4 is 23.5 Å². The fourth-order valence-electron chi connectivity index (χ4n) is 2.55. The van der Waals surface area contributed by atoms with Crippen molar-refractivity contribution in [3.8, 4) is 0 Å². The lowest BCUT2D eigenvalue weighted by Crippen LogP contribution is -2.41. The molecule has 1 N–H and O–H groups in total. The molecule has 0 saturated carbocycles. The van der Waals surface area contributed by atoms with E-state index in [4.69, 9.17) is 9.31 Å². The second-order valence-electron chi connectivity index (χ2n) is 7.95. The zero-order chi connectivity index (χ0) is 17.0. The van der Waals surface area contributed by atoms with Gasteiger partial charge in [-0.1, -0.05) is 12.1 Å². The number of benzene rings is 1. The van der Waals surface area contributed by atoms with Crippen LogP contribution in [0.2, 0.25) is 0 Å². The van der Waals surface area contributed by atoms with Crippen LogP contribution in [-0.4, -0.2) is 39.8 Å². The van der Waals surface area contributed by atoms with E-state index in [-0.39, 0.29) is 24.9 Å². The first-order valence-corrected chi connectivity index (χ1v) is 8.02. The Kier molecular flexibility index (Phi) is 3.63. The fourth-order valence-corrected chi connectivity index (χ4v) is 2.55. The summed E-state index contributed by atoms with van der Waals surface area (Å²) < 4.78 is 14.0. The molecule has 0 amide bonds. The Labute approximate surface area is 137 Å². The van der Waals surface area contributed by atoms with Gasteiger partial charge in [0.2, 0.25) is 0 Å². The number of hydrogen-bond donors (Lipinski definition) is 1. The largest absolute Gasteiger partial charge is 0.494 e. The summed E-state index contributed by atoms with van der Waals surface area (Å²) in [6.07, 6.45) is 1.96. The van der Waals surface area contributed by atoms with E-state index in [1.807, 2.05) is 64.6 Å². The van der Waals surface area contributed by atoms with Crippen LogP contribution in [0.5, 0.6) is 0 Å². The van der Waals surface area contributed by atoms with Gasteiger partial charge in [0.15, 0.2) is 0 Å². The van der Waals surface area contributed by atoms with Crippen molar-refractivity contribution < 1.29 is 14.4 Å². The molecule has 2 heterocycles. The van der Waals surface area contributed by atoms with Crippen LogP contribution in [0.4, 0.5) is 0 Å². The minimum atomic E-state index is -0.427. The van der Waals surface area contributed by atoms with Crippen LogP contribution < -0.4 is 5.46 Å². The predicted molar refractivity (Wildman–Crippen MR) is 91.9 cm³/mol. The van der Waals surface area contributed by atoms with Gasteiger partial charge in [0.05, 0.1) is 28.9 Å². The molecule has 0 atom stereocenters. The first-order valence-electron chi connectivity index (χ1n) is 8.02. The molecule has 1 fully saturated rings. The summed E-state index contributed by atoms with van der Waals surface area (Å²) in [5, 5.41) is 15.1. The van der Waals surface area contributed by atoms with Gasteiger partial charge < -0.3 is 14.4 Å². The Morgan fingerprint density at radius 1 is 1.17 bits per heavy atom.